The lowest BCUT2D eigenvalue weighted by molar-refractivity contribution is 0.0600. The molecular formula is C22H28ClNO4. The molecule has 2 atom stereocenters. The van der Waals surface area contributed by atoms with Crippen LogP contribution in [0.15, 0.2) is 54.6 Å². The number of benzene rings is 2. The number of methoxy groups -OCH3 is 1. The molecule has 0 bridgehead atoms. The van der Waals surface area contributed by atoms with Crippen molar-refractivity contribution in [2.24, 2.45) is 0 Å². The molecule has 0 heterocycles. The Labute approximate surface area is 173 Å². The van der Waals surface area contributed by atoms with E-state index in [9.17, 15) is 9.90 Å². The highest BCUT2D eigenvalue weighted by Crippen LogP contribution is 2.17. The molecule has 3 N–H and O–H groups in total. The Morgan fingerprint density at radius 3 is 2.32 bits per heavy atom. The topological polar surface area (TPSA) is 81.3 Å². The third-order valence-electron chi connectivity index (χ3n) is 4.42. The van der Waals surface area contributed by atoms with E-state index in [4.69, 9.17) is 11.2 Å². The van der Waals surface area contributed by atoms with Crippen LogP contribution in [0.4, 0.5) is 0 Å². The van der Waals surface area contributed by atoms with E-state index in [0.29, 0.717) is 18.7 Å². The molecule has 152 valence electrons. The largest absolute Gasteiger partial charge is 0.465 e. The van der Waals surface area contributed by atoms with Gasteiger partial charge in [0.05, 0.1) is 25.3 Å². The number of aliphatic hydroxyl groups is 1. The number of terminal acetylenes is 1. The van der Waals surface area contributed by atoms with E-state index < -0.39 is 6.10 Å². The summed E-state index contributed by atoms with van der Waals surface area (Å²) in [7, 11) is 1.37. The highest BCUT2D eigenvalue weighted by atomic mass is 35.5. The number of carbonyl (C=O) groups is 1. The first kappa shape index (κ1) is 25.6. The Balaban J connectivity index is 0.00000364. The molecule has 0 aliphatic rings. The summed E-state index contributed by atoms with van der Waals surface area (Å²) >= 11 is 0. The van der Waals surface area contributed by atoms with E-state index in [-0.39, 0.29) is 29.9 Å². The Bertz CT molecular complexity index is 743. The van der Waals surface area contributed by atoms with Crippen molar-refractivity contribution in [2.75, 3.05) is 20.2 Å². The summed E-state index contributed by atoms with van der Waals surface area (Å²) in [6.07, 6.45) is 5.70. The smallest absolute Gasteiger partial charge is 0.337 e. The van der Waals surface area contributed by atoms with Gasteiger partial charge >= 0.3 is 5.97 Å². The van der Waals surface area contributed by atoms with Gasteiger partial charge in [-0.15, -0.1) is 18.8 Å². The van der Waals surface area contributed by atoms with Crippen molar-refractivity contribution in [3.63, 3.8) is 0 Å². The molecule has 1 unspecified atom stereocenters. The van der Waals surface area contributed by atoms with Crippen molar-refractivity contribution >= 4 is 18.4 Å². The first-order chi connectivity index (χ1) is 12.5. The lowest BCUT2D eigenvalue weighted by atomic mass is 10.0. The number of carbonyl (C=O) groups excluding carboxylic acids is 1. The number of hydrogen-bond donors (Lipinski definition) is 1. The predicted molar refractivity (Wildman–Crippen MR) is 114 cm³/mol. The van der Waals surface area contributed by atoms with E-state index in [1.165, 1.54) is 7.11 Å². The molecule has 0 aliphatic heterocycles. The van der Waals surface area contributed by atoms with Crippen LogP contribution < -0.4 is 0 Å². The molecule has 0 radical (unpaired) electrons. The molecule has 2 aromatic carbocycles. The molecule has 6 heteroatoms. The fourth-order valence-corrected chi connectivity index (χ4v) is 2.89. The quantitative estimate of drug-likeness (QED) is 0.540. The maximum atomic E-state index is 11.5. The van der Waals surface area contributed by atoms with Gasteiger partial charge in [0.2, 0.25) is 0 Å². The minimum Gasteiger partial charge on any atom is -0.465 e. The van der Waals surface area contributed by atoms with Crippen LogP contribution in [0.2, 0.25) is 0 Å². The van der Waals surface area contributed by atoms with Gasteiger partial charge in [-0.2, -0.15) is 0 Å². The minimum atomic E-state index is -0.589. The summed E-state index contributed by atoms with van der Waals surface area (Å²) < 4.78 is 4.72. The molecule has 0 amide bonds. The van der Waals surface area contributed by atoms with Crippen molar-refractivity contribution < 1.29 is 20.1 Å². The summed E-state index contributed by atoms with van der Waals surface area (Å²) in [6, 6.07) is 17.1. The molecular weight excluding hydrogens is 378 g/mol. The minimum absolute atomic E-state index is 0. The standard InChI is InChI=1S/C22H25NO3.ClH.H2O/c1-4-14-23(16-21(24)19-8-6-5-7-9-19)17(2)15-18-10-12-20(13-11-18)22(25)26-3;;/h1,5-13,17,21,24H,14-16H2,2-3H3;1H;1H2/t17?,21-;;/m1../s1. The zero-order chi connectivity index (χ0) is 18.9. The number of esters is 1. The van der Waals surface area contributed by atoms with E-state index in [1.807, 2.05) is 42.5 Å². The van der Waals surface area contributed by atoms with Crippen LogP contribution >= 0.6 is 12.4 Å². The van der Waals surface area contributed by atoms with E-state index >= 15 is 0 Å². The van der Waals surface area contributed by atoms with E-state index in [1.54, 1.807) is 12.1 Å². The van der Waals surface area contributed by atoms with E-state index in [0.717, 1.165) is 17.5 Å². The maximum absolute atomic E-state index is 11.5. The molecule has 0 saturated carbocycles. The second-order valence-electron chi connectivity index (χ2n) is 6.30. The van der Waals surface area contributed by atoms with Crippen LogP contribution in [0.5, 0.6) is 0 Å². The normalized spacial score (nSPS) is 12.1. The number of hydrogen-bond acceptors (Lipinski definition) is 4. The van der Waals surface area contributed by atoms with Crippen molar-refractivity contribution in [1.29, 1.82) is 0 Å². The molecule has 2 rings (SSSR count). The van der Waals surface area contributed by atoms with Gasteiger partial charge in [-0.1, -0.05) is 48.4 Å². The molecule has 0 saturated heterocycles. The van der Waals surface area contributed by atoms with Gasteiger partial charge in [-0.05, 0) is 36.6 Å². The van der Waals surface area contributed by atoms with Gasteiger partial charge in [-0.3, -0.25) is 4.90 Å². The van der Waals surface area contributed by atoms with Crippen molar-refractivity contribution in [1.82, 2.24) is 4.90 Å². The zero-order valence-electron chi connectivity index (χ0n) is 16.2. The Hall–Kier alpha value is -2.36. The summed E-state index contributed by atoms with van der Waals surface area (Å²) in [6.45, 7) is 3.02. The van der Waals surface area contributed by atoms with Crippen molar-refractivity contribution in [2.45, 2.75) is 25.5 Å². The van der Waals surface area contributed by atoms with Crippen LogP contribution in [0, 0.1) is 12.3 Å². The average molecular weight is 406 g/mol. The van der Waals surface area contributed by atoms with Crippen molar-refractivity contribution in [3.05, 3.63) is 71.3 Å². The summed E-state index contributed by atoms with van der Waals surface area (Å²) in [5.74, 6) is 2.33. The maximum Gasteiger partial charge on any atom is 0.337 e. The number of nitrogens with zero attached hydrogens (tertiary/aromatic N) is 1. The molecule has 0 spiro atoms. The molecule has 28 heavy (non-hydrogen) atoms. The van der Waals surface area contributed by atoms with Gasteiger partial charge < -0.3 is 15.3 Å². The Morgan fingerprint density at radius 1 is 1.18 bits per heavy atom. The highest BCUT2D eigenvalue weighted by Gasteiger charge is 2.18. The number of aliphatic hydroxyl groups excluding tert-OH is 1. The molecule has 0 fully saturated rings. The SMILES string of the molecule is C#CCN(C[C@@H](O)c1ccccc1)C(C)Cc1ccc(C(=O)OC)cc1.Cl.O. The Kier molecular flexibility index (Phi) is 11.8. The molecule has 5 nitrogen and oxygen atoms in total. The monoisotopic (exact) mass is 405 g/mol. The summed E-state index contributed by atoms with van der Waals surface area (Å²) in [5.41, 5.74) is 2.51. The van der Waals surface area contributed by atoms with Crippen LogP contribution in [-0.4, -0.2) is 47.7 Å². The highest BCUT2D eigenvalue weighted by molar-refractivity contribution is 5.89. The van der Waals surface area contributed by atoms with Gasteiger partial charge in [0.15, 0.2) is 0 Å². The van der Waals surface area contributed by atoms with Crippen LogP contribution in [0.25, 0.3) is 0 Å². The average Bonchev–Trinajstić information content (AvgIpc) is 2.68. The van der Waals surface area contributed by atoms with Gasteiger partial charge in [0.25, 0.3) is 0 Å². The van der Waals surface area contributed by atoms with Gasteiger partial charge in [0.1, 0.15) is 0 Å². The van der Waals surface area contributed by atoms with Gasteiger partial charge in [0, 0.05) is 12.6 Å². The lowest BCUT2D eigenvalue weighted by Crippen LogP contribution is -2.38. The Morgan fingerprint density at radius 2 is 1.79 bits per heavy atom. The number of halogens is 1. The van der Waals surface area contributed by atoms with Crippen LogP contribution in [0.1, 0.15) is 34.5 Å². The third kappa shape index (κ3) is 7.34. The second-order valence-corrected chi connectivity index (χ2v) is 6.30. The molecule has 2 aromatic rings. The first-order valence-corrected chi connectivity index (χ1v) is 8.63. The third-order valence-corrected chi connectivity index (χ3v) is 4.42. The zero-order valence-corrected chi connectivity index (χ0v) is 17.0. The van der Waals surface area contributed by atoms with Crippen LogP contribution in [0.3, 0.4) is 0 Å². The van der Waals surface area contributed by atoms with Crippen LogP contribution in [-0.2, 0) is 11.2 Å². The van der Waals surface area contributed by atoms with E-state index in [2.05, 4.69) is 17.7 Å². The van der Waals surface area contributed by atoms with Gasteiger partial charge in [-0.25, -0.2) is 4.79 Å². The second kappa shape index (κ2) is 12.9. The predicted octanol–water partition coefficient (Wildman–Crippen LogP) is 2.67. The number of rotatable bonds is 8. The fraction of sp³-hybridized carbons (Fsp3) is 0.318. The van der Waals surface area contributed by atoms with Crippen molar-refractivity contribution in [3.8, 4) is 12.3 Å². The number of ether oxygens (including phenoxy) is 1. The fourth-order valence-electron chi connectivity index (χ4n) is 2.89. The molecule has 0 aromatic heterocycles. The summed E-state index contributed by atoms with van der Waals surface area (Å²) in [4.78, 5) is 13.6. The lowest BCUT2D eigenvalue weighted by Gasteiger charge is -2.29. The summed E-state index contributed by atoms with van der Waals surface area (Å²) in [5, 5.41) is 10.5. The first-order valence-electron chi connectivity index (χ1n) is 8.63. The molecule has 0 aliphatic carbocycles.